The monoisotopic (exact) mass is 192 g/mol. The molecule has 0 spiro atoms. The largest absolute Gasteiger partial charge is 0.325 e. The highest BCUT2D eigenvalue weighted by molar-refractivity contribution is 4.92. The molecule has 13 heavy (non-hydrogen) atoms. The zero-order chi connectivity index (χ0) is 9.90. The number of hydrogen-bond donors (Lipinski definition) is 1. The van der Waals surface area contributed by atoms with Gasteiger partial charge in [-0.1, -0.05) is 0 Å². The van der Waals surface area contributed by atoms with Crippen LogP contribution in [-0.4, -0.2) is 37.0 Å². The predicted octanol–water partition coefficient (Wildman–Crippen LogP) is 1.45. The molecule has 4 heteroatoms. The van der Waals surface area contributed by atoms with Gasteiger partial charge >= 0.3 is 0 Å². The highest BCUT2D eigenvalue weighted by Crippen LogP contribution is 2.32. The quantitative estimate of drug-likeness (QED) is 0.714. The van der Waals surface area contributed by atoms with Crippen molar-refractivity contribution in [2.75, 3.05) is 20.1 Å². The van der Waals surface area contributed by atoms with Crippen molar-refractivity contribution in [3.63, 3.8) is 0 Å². The van der Waals surface area contributed by atoms with E-state index >= 15 is 0 Å². The van der Waals surface area contributed by atoms with E-state index < -0.39 is 6.43 Å². The van der Waals surface area contributed by atoms with Crippen LogP contribution in [0.15, 0.2) is 0 Å². The Bertz CT molecular complexity index is 158. The van der Waals surface area contributed by atoms with Crippen molar-refractivity contribution in [1.82, 2.24) is 4.90 Å². The number of halogens is 2. The molecule has 1 rings (SSSR count). The average Bonchev–Trinajstić information content (AvgIpc) is 1.96. The lowest BCUT2D eigenvalue weighted by Crippen LogP contribution is -2.48. The number of nitrogens with zero attached hydrogens (tertiary/aromatic N) is 1. The Morgan fingerprint density at radius 1 is 1.46 bits per heavy atom. The molecule has 0 aromatic rings. The molecule has 2 N–H and O–H groups in total. The van der Waals surface area contributed by atoms with E-state index in [9.17, 15) is 8.78 Å². The van der Waals surface area contributed by atoms with Gasteiger partial charge in [0, 0.05) is 5.54 Å². The van der Waals surface area contributed by atoms with Crippen LogP contribution in [0.25, 0.3) is 0 Å². The first kappa shape index (κ1) is 10.9. The van der Waals surface area contributed by atoms with Crippen LogP contribution in [-0.2, 0) is 0 Å². The summed E-state index contributed by atoms with van der Waals surface area (Å²) < 4.78 is 23.9. The maximum absolute atomic E-state index is 11.9. The molecule has 0 atom stereocenters. The molecule has 0 saturated heterocycles. The highest BCUT2D eigenvalue weighted by atomic mass is 19.3. The molecule has 0 heterocycles. The lowest BCUT2D eigenvalue weighted by Gasteiger charge is -2.39. The summed E-state index contributed by atoms with van der Waals surface area (Å²) >= 11 is 0. The molecule has 1 aliphatic rings. The van der Waals surface area contributed by atoms with E-state index in [0.29, 0.717) is 6.54 Å². The Kier molecular flexibility index (Phi) is 3.62. The molecule has 0 aromatic carbocycles. The molecular weight excluding hydrogens is 174 g/mol. The van der Waals surface area contributed by atoms with Crippen LogP contribution in [0.1, 0.15) is 25.7 Å². The average molecular weight is 192 g/mol. The van der Waals surface area contributed by atoms with Crippen molar-refractivity contribution in [2.45, 2.75) is 37.6 Å². The lowest BCUT2D eigenvalue weighted by atomic mass is 9.75. The summed E-state index contributed by atoms with van der Waals surface area (Å²) in [5.41, 5.74) is 5.92. The van der Waals surface area contributed by atoms with Crippen molar-refractivity contribution in [2.24, 2.45) is 5.73 Å². The summed E-state index contributed by atoms with van der Waals surface area (Å²) in [6.07, 6.45) is 1.90. The zero-order valence-corrected chi connectivity index (χ0v) is 8.10. The lowest BCUT2D eigenvalue weighted by molar-refractivity contribution is 0.0918. The number of alkyl halides is 2. The number of hydrogen-bond acceptors (Lipinski definition) is 2. The summed E-state index contributed by atoms with van der Waals surface area (Å²) in [5.74, 6) is 0. The van der Waals surface area contributed by atoms with Crippen LogP contribution >= 0.6 is 0 Å². The van der Waals surface area contributed by atoms with Gasteiger partial charge in [0.05, 0.1) is 6.54 Å². The van der Waals surface area contributed by atoms with E-state index in [1.54, 1.807) is 11.9 Å². The molecule has 78 valence electrons. The van der Waals surface area contributed by atoms with Gasteiger partial charge in [0.2, 0.25) is 0 Å². The van der Waals surface area contributed by atoms with Crippen LogP contribution in [0.5, 0.6) is 0 Å². The van der Waals surface area contributed by atoms with Crippen LogP contribution in [0.4, 0.5) is 8.78 Å². The predicted molar refractivity (Wildman–Crippen MR) is 48.9 cm³/mol. The minimum atomic E-state index is -2.24. The van der Waals surface area contributed by atoms with Crippen molar-refractivity contribution >= 4 is 0 Å². The van der Waals surface area contributed by atoms with Crippen molar-refractivity contribution in [3.05, 3.63) is 0 Å². The normalized spacial score (nSPS) is 20.8. The minimum Gasteiger partial charge on any atom is -0.325 e. The summed E-state index contributed by atoms with van der Waals surface area (Å²) in [6, 6.07) is 0. The maximum atomic E-state index is 11.9. The number of rotatable bonds is 5. The van der Waals surface area contributed by atoms with E-state index in [1.165, 1.54) is 6.42 Å². The van der Waals surface area contributed by atoms with E-state index in [1.807, 2.05) is 0 Å². The van der Waals surface area contributed by atoms with Crippen molar-refractivity contribution in [3.8, 4) is 0 Å². The van der Waals surface area contributed by atoms with Crippen molar-refractivity contribution in [1.29, 1.82) is 0 Å². The molecule has 0 unspecified atom stereocenters. The summed E-state index contributed by atoms with van der Waals surface area (Å²) in [6.45, 7) is 0.539. The maximum Gasteiger partial charge on any atom is 0.251 e. The Labute approximate surface area is 78.1 Å². The van der Waals surface area contributed by atoms with Gasteiger partial charge in [-0.05, 0) is 39.3 Å². The summed E-state index contributed by atoms with van der Waals surface area (Å²) in [4.78, 5) is 1.65. The minimum absolute atomic E-state index is 0.0453. The first-order valence-corrected chi connectivity index (χ1v) is 4.77. The molecular formula is C9H18F2N2. The molecule has 1 aliphatic carbocycles. The van der Waals surface area contributed by atoms with Gasteiger partial charge in [0.15, 0.2) is 0 Å². The second-order valence-corrected chi connectivity index (χ2v) is 4.12. The molecule has 2 nitrogen and oxygen atoms in total. The van der Waals surface area contributed by atoms with E-state index in [0.717, 1.165) is 19.3 Å². The molecule has 1 fully saturated rings. The SMILES string of the molecule is CN(CCC1(N)CCC1)CC(F)F. The first-order valence-electron chi connectivity index (χ1n) is 4.77. The van der Waals surface area contributed by atoms with Gasteiger partial charge in [0.1, 0.15) is 0 Å². The first-order chi connectivity index (χ1) is 6.02. The highest BCUT2D eigenvalue weighted by Gasteiger charge is 2.32. The number of nitrogens with two attached hydrogens (primary N) is 1. The fraction of sp³-hybridized carbons (Fsp3) is 1.00. The topological polar surface area (TPSA) is 29.3 Å². The second kappa shape index (κ2) is 4.33. The third-order valence-corrected chi connectivity index (χ3v) is 2.79. The standard InChI is InChI=1S/C9H18F2N2/c1-13(7-8(10)11)6-5-9(12)3-2-4-9/h8H,2-7,12H2,1H3. The van der Waals surface area contributed by atoms with Crippen molar-refractivity contribution < 1.29 is 8.78 Å². The van der Waals surface area contributed by atoms with Crippen LogP contribution in [0.2, 0.25) is 0 Å². The molecule has 0 aromatic heterocycles. The third-order valence-electron chi connectivity index (χ3n) is 2.79. The van der Waals surface area contributed by atoms with Crippen LogP contribution < -0.4 is 5.73 Å². The molecule has 0 radical (unpaired) electrons. The van der Waals surface area contributed by atoms with Gasteiger partial charge < -0.3 is 10.6 Å². The van der Waals surface area contributed by atoms with E-state index in [4.69, 9.17) is 5.73 Å². The Morgan fingerprint density at radius 3 is 2.46 bits per heavy atom. The molecule has 0 bridgehead atoms. The van der Waals surface area contributed by atoms with Gasteiger partial charge in [-0.2, -0.15) is 0 Å². The van der Waals surface area contributed by atoms with Gasteiger partial charge in [-0.15, -0.1) is 0 Å². The molecule has 1 saturated carbocycles. The second-order valence-electron chi connectivity index (χ2n) is 4.12. The zero-order valence-electron chi connectivity index (χ0n) is 8.10. The fourth-order valence-corrected chi connectivity index (χ4v) is 1.62. The Balaban J connectivity index is 2.10. The third kappa shape index (κ3) is 3.56. The van der Waals surface area contributed by atoms with E-state index in [-0.39, 0.29) is 12.1 Å². The summed E-state index contributed by atoms with van der Waals surface area (Å²) in [5, 5.41) is 0. The fourth-order valence-electron chi connectivity index (χ4n) is 1.62. The molecule has 0 amide bonds. The van der Waals surface area contributed by atoms with Crippen LogP contribution in [0, 0.1) is 0 Å². The van der Waals surface area contributed by atoms with E-state index in [2.05, 4.69) is 0 Å². The summed E-state index contributed by atoms with van der Waals surface area (Å²) in [7, 11) is 1.72. The molecule has 0 aliphatic heterocycles. The Morgan fingerprint density at radius 2 is 2.08 bits per heavy atom. The van der Waals surface area contributed by atoms with Crippen LogP contribution in [0.3, 0.4) is 0 Å². The van der Waals surface area contributed by atoms with Gasteiger partial charge in [-0.3, -0.25) is 0 Å². The van der Waals surface area contributed by atoms with Gasteiger partial charge in [-0.25, -0.2) is 8.78 Å². The smallest absolute Gasteiger partial charge is 0.251 e. The Hall–Kier alpha value is -0.220. The van der Waals surface area contributed by atoms with Gasteiger partial charge in [0.25, 0.3) is 6.43 Å².